The van der Waals surface area contributed by atoms with Crippen LogP contribution in [0.5, 0.6) is 0 Å². The highest BCUT2D eigenvalue weighted by molar-refractivity contribution is 5.84. The molecule has 106 valence electrons. The number of pyridine rings is 1. The van der Waals surface area contributed by atoms with E-state index >= 15 is 0 Å². The number of hydrogen-bond acceptors (Lipinski definition) is 7. The Kier molecular flexibility index (Phi) is 3.13. The summed E-state index contributed by atoms with van der Waals surface area (Å²) in [5, 5.41) is 19.1. The largest absolute Gasteiger partial charge is 0.394 e. The zero-order valence-corrected chi connectivity index (χ0v) is 10.5. The molecule has 0 aliphatic carbocycles. The highest BCUT2D eigenvalue weighted by atomic mass is 16.5. The molecule has 1 saturated heterocycles. The first-order valence-corrected chi connectivity index (χ1v) is 6.17. The van der Waals surface area contributed by atoms with E-state index in [0.29, 0.717) is 12.1 Å². The van der Waals surface area contributed by atoms with Crippen LogP contribution < -0.4 is 11.2 Å². The summed E-state index contributed by atoms with van der Waals surface area (Å²) >= 11 is 0. The molecular weight excluding hydrogens is 264 g/mol. The van der Waals surface area contributed by atoms with Gasteiger partial charge < -0.3 is 25.3 Å². The van der Waals surface area contributed by atoms with Gasteiger partial charge in [-0.3, -0.25) is 4.79 Å². The van der Waals surface area contributed by atoms with E-state index in [4.69, 9.17) is 15.6 Å². The van der Waals surface area contributed by atoms with Crippen LogP contribution >= 0.6 is 0 Å². The molecule has 0 unspecified atom stereocenters. The lowest BCUT2D eigenvalue weighted by Gasteiger charge is -2.17. The standard InChI is InChI=1S/C12H14N4O4/c13-11-10-6(18)1-2-16(12(10)15-5-14-11)9-3-7(19)8(4-17)20-9/h1-2,5,7-9,17,19H,3-4H2,(H2,13,14,15)/t7-,8+,9+/m0/s1. The van der Waals surface area contributed by atoms with Crippen LogP contribution in [0.2, 0.25) is 0 Å². The summed E-state index contributed by atoms with van der Waals surface area (Å²) in [6.07, 6.45) is 1.18. The Balaban J connectivity index is 2.12. The quantitative estimate of drug-likeness (QED) is 0.644. The zero-order valence-electron chi connectivity index (χ0n) is 10.5. The molecule has 3 atom stereocenters. The minimum absolute atomic E-state index is 0.103. The van der Waals surface area contributed by atoms with Gasteiger partial charge in [-0.25, -0.2) is 9.97 Å². The molecule has 3 heterocycles. The second-order valence-electron chi connectivity index (χ2n) is 4.66. The molecule has 20 heavy (non-hydrogen) atoms. The second kappa shape index (κ2) is 4.82. The van der Waals surface area contributed by atoms with Gasteiger partial charge in [-0.2, -0.15) is 0 Å². The molecule has 0 amide bonds. The Morgan fingerprint density at radius 3 is 3.00 bits per heavy atom. The monoisotopic (exact) mass is 278 g/mol. The first-order valence-electron chi connectivity index (χ1n) is 6.17. The number of fused-ring (bicyclic) bond motifs is 1. The van der Waals surface area contributed by atoms with Crippen molar-refractivity contribution >= 4 is 16.9 Å². The van der Waals surface area contributed by atoms with Gasteiger partial charge in [-0.1, -0.05) is 0 Å². The minimum Gasteiger partial charge on any atom is -0.394 e. The summed E-state index contributed by atoms with van der Waals surface area (Å²) < 4.78 is 7.18. The van der Waals surface area contributed by atoms with Crippen molar-refractivity contribution in [2.24, 2.45) is 0 Å². The van der Waals surface area contributed by atoms with Gasteiger partial charge in [-0.05, 0) is 0 Å². The van der Waals surface area contributed by atoms with E-state index < -0.39 is 18.4 Å². The van der Waals surface area contributed by atoms with Crippen molar-refractivity contribution in [1.29, 1.82) is 0 Å². The average Bonchev–Trinajstić information content (AvgIpc) is 2.80. The summed E-state index contributed by atoms with van der Waals surface area (Å²) in [5.41, 5.74) is 5.79. The summed E-state index contributed by atoms with van der Waals surface area (Å²) in [6, 6.07) is 1.35. The lowest BCUT2D eigenvalue weighted by molar-refractivity contribution is -0.0432. The van der Waals surface area contributed by atoms with Gasteiger partial charge in [0.25, 0.3) is 0 Å². The van der Waals surface area contributed by atoms with Crippen LogP contribution in [0, 0.1) is 0 Å². The lowest BCUT2D eigenvalue weighted by Crippen LogP contribution is -2.24. The second-order valence-corrected chi connectivity index (χ2v) is 4.66. The lowest BCUT2D eigenvalue weighted by atomic mass is 10.2. The molecule has 8 nitrogen and oxygen atoms in total. The molecule has 0 saturated carbocycles. The van der Waals surface area contributed by atoms with E-state index in [9.17, 15) is 9.90 Å². The molecular formula is C12H14N4O4. The van der Waals surface area contributed by atoms with E-state index in [0.717, 1.165) is 0 Å². The van der Waals surface area contributed by atoms with Crippen molar-refractivity contribution < 1.29 is 14.9 Å². The van der Waals surface area contributed by atoms with Gasteiger partial charge in [0.15, 0.2) is 11.1 Å². The fourth-order valence-corrected chi connectivity index (χ4v) is 2.41. The van der Waals surface area contributed by atoms with Crippen LogP contribution in [0.15, 0.2) is 23.4 Å². The molecule has 1 fully saturated rings. The molecule has 4 N–H and O–H groups in total. The molecule has 0 radical (unpaired) electrons. The summed E-state index contributed by atoms with van der Waals surface area (Å²) in [7, 11) is 0. The van der Waals surface area contributed by atoms with Crippen molar-refractivity contribution in [3.8, 4) is 0 Å². The van der Waals surface area contributed by atoms with Crippen LogP contribution in [0.4, 0.5) is 5.82 Å². The topological polar surface area (TPSA) is 123 Å². The predicted octanol–water partition coefficient (Wildman–Crippen LogP) is -0.986. The van der Waals surface area contributed by atoms with Gasteiger partial charge in [0.05, 0.1) is 12.7 Å². The van der Waals surface area contributed by atoms with E-state index in [-0.39, 0.29) is 23.2 Å². The number of aliphatic hydroxyl groups excluding tert-OH is 2. The van der Waals surface area contributed by atoms with Crippen molar-refractivity contribution in [2.45, 2.75) is 24.9 Å². The number of aliphatic hydroxyl groups is 2. The number of hydrogen-bond donors (Lipinski definition) is 3. The zero-order chi connectivity index (χ0) is 14.3. The number of rotatable bonds is 2. The fourth-order valence-electron chi connectivity index (χ4n) is 2.41. The van der Waals surface area contributed by atoms with Gasteiger partial charge in [0.2, 0.25) is 0 Å². The summed E-state index contributed by atoms with van der Waals surface area (Å²) in [6.45, 7) is -0.271. The molecule has 1 aliphatic rings. The van der Waals surface area contributed by atoms with Gasteiger partial charge in [0, 0.05) is 18.7 Å². The predicted molar refractivity (Wildman–Crippen MR) is 69.8 cm³/mol. The number of nitrogens with two attached hydrogens (primary N) is 1. The molecule has 0 spiro atoms. The molecule has 8 heteroatoms. The Morgan fingerprint density at radius 1 is 1.50 bits per heavy atom. The van der Waals surface area contributed by atoms with Crippen molar-refractivity contribution in [2.75, 3.05) is 12.3 Å². The average molecular weight is 278 g/mol. The number of nitrogen functional groups attached to an aromatic ring is 1. The maximum atomic E-state index is 11.8. The Bertz CT molecular complexity index is 701. The highest BCUT2D eigenvalue weighted by Gasteiger charge is 2.34. The normalized spacial score (nSPS) is 26.2. The molecule has 1 aliphatic heterocycles. The van der Waals surface area contributed by atoms with Crippen LogP contribution in [-0.4, -0.2) is 43.6 Å². The molecule has 2 aromatic heterocycles. The van der Waals surface area contributed by atoms with Gasteiger partial charge in [0.1, 0.15) is 29.9 Å². The number of aromatic nitrogens is 3. The first-order chi connectivity index (χ1) is 9.61. The van der Waals surface area contributed by atoms with Crippen molar-refractivity contribution in [3.05, 3.63) is 28.8 Å². The Morgan fingerprint density at radius 2 is 2.30 bits per heavy atom. The molecule has 2 aromatic rings. The van der Waals surface area contributed by atoms with Crippen LogP contribution in [-0.2, 0) is 4.74 Å². The third kappa shape index (κ3) is 1.94. The first kappa shape index (κ1) is 13.0. The number of ether oxygens (including phenoxy) is 1. The third-order valence-corrected chi connectivity index (χ3v) is 3.43. The maximum absolute atomic E-state index is 11.8. The maximum Gasteiger partial charge on any atom is 0.194 e. The molecule has 0 aromatic carbocycles. The highest BCUT2D eigenvalue weighted by Crippen LogP contribution is 2.30. The number of anilines is 1. The molecule has 3 rings (SSSR count). The Hall–Kier alpha value is -2.03. The minimum atomic E-state index is -0.765. The third-order valence-electron chi connectivity index (χ3n) is 3.43. The van der Waals surface area contributed by atoms with Crippen LogP contribution in [0.3, 0.4) is 0 Å². The smallest absolute Gasteiger partial charge is 0.194 e. The van der Waals surface area contributed by atoms with Crippen molar-refractivity contribution in [1.82, 2.24) is 14.5 Å². The van der Waals surface area contributed by atoms with E-state index in [1.54, 1.807) is 4.57 Å². The van der Waals surface area contributed by atoms with Crippen LogP contribution in [0.1, 0.15) is 12.6 Å². The Labute approximate surface area is 113 Å². The van der Waals surface area contributed by atoms with Crippen LogP contribution in [0.25, 0.3) is 11.0 Å². The SMILES string of the molecule is Nc1ncnc2c1c(=O)ccn2[C@H]1C[C@H](O)[C@@H](CO)O1. The summed E-state index contributed by atoms with van der Waals surface area (Å²) in [5.74, 6) is 0.103. The number of nitrogens with zero attached hydrogens (tertiary/aromatic N) is 3. The van der Waals surface area contributed by atoms with E-state index in [1.807, 2.05) is 0 Å². The van der Waals surface area contributed by atoms with E-state index in [1.165, 1.54) is 18.6 Å². The fraction of sp³-hybridized carbons (Fsp3) is 0.417. The van der Waals surface area contributed by atoms with Gasteiger partial charge >= 0.3 is 0 Å². The summed E-state index contributed by atoms with van der Waals surface area (Å²) in [4.78, 5) is 19.7. The molecule has 0 bridgehead atoms. The van der Waals surface area contributed by atoms with Crippen molar-refractivity contribution in [3.63, 3.8) is 0 Å². The van der Waals surface area contributed by atoms with E-state index in [2.05, 4.69) is 9.97 Å². The van der Waals surface area contributed by atoms with Gasteiger partial charge in [-0.15, -0.1) is 0 Å².